The zero-order valence-corrected chi connectivity index (χ0v) is 12.5. The molecule has 2 rings (SSSR count). The molecule has 2 nitrogen and oxygen atoms in total. The minimum atomic E-state index is 0.282. The lowest BCUT2D eigenvalue weighted by atomic mass is 9.85. The average molecular weight is 272 g/mol. The SMILES string of the molecule is CC1CCC(C)N(CC(=O)C2CCC(Cl)CC2)C1. The minimum Gasteiger partial charge on any atom is -0.298 e. The number of piperidine rings is 1. The summed E-state index contributed by atoms with van der Waals surface area (Å²) in [6.45, 7) is 6.32. The normalized spacial score (nSPS) is 38.6. The number of hydrogen-bond acceptors (Lipinski definition) is 2. The Kier molecular flexibility index (Phi) is 5.08. The first kappa shape index (κ1) is 14.3. The number of halogens is 1. The van der Waals surface area contributed by atoms with E-state index < -0.39 is 0 Å². The van der Waals surface area contributed by atoms with Gasteiger partial charge in [-0.15, -0.1) is 11.6 Å². The van der Waals surface area contributed by atoms with E-state index >= 15 is 0 Å². The Labute approximate surface area is 116 Å². The average Bonchev–Trinajstić information content (AvgIpc) is 2.34. The predicted molar refractivity (Wildman–Crippen MR) is 76.0 cm³/mol. The maximum absolute atomic E-state index is 12.3. The summed E-state index contributed by atoms with van der Waals surface area (Å²) >= 11 is 6.10. The van der Waals surface area contributed by atoms with Crippen LogP contribution in [-0.4, -0.2) is 35.2 Å². The van der Waals surface area contributed by atoms with Crippen LogP contribution < -0.4 is 0 Å². The quantitative estimate of drug-likeness (QED) is 0.733. The molecule has 2 fully saturated rings. The highest BCUT2D eigenvalue weighted by Crippen LogP contribution is 2.29. The van der Waals surface area contributed by atoms with Gasteiger partial charge in [-0.05, 0) is 51.4 Å². The third-order valence-electron chi connectivity index (χ3n) is 4.72. The molecule has 0 aromatic rings. The summed E-state index contributed by atoms with van der Waals surface area (Å²) in [6.07, 6.45) is 6.59. The van der Waals surface area contributed by atoms with Gasteiger partial charge in [0, 0.05) is 23.9 Å². The van der Waals surface area contributed by atoms with Crippen molar-refractivity contribution in [2.24, 2.45) is 11.8 Å². The summed E-state index contributed by atoms with van der Waals surface area (Å²) in [5, 5.41) is 0.308. The number of alkyl halides is 1. The zero-order valence-electron chi connectivity index (χ0n) is 11.7. The number of hydrogen-bond donors (Lipinski definition) is 0. The molecule has 2 atom stereocenters. The second kappa shape index (κ2) is 6.38. The molecule has 104 valence electrons. The number of carbonyl (C=O) groups excluding carboxylic acids is 1. The van der Waals surface area contributed by atoms with Crippen LogP contribution in [0, 0.1) is 11.8 Å². The molecule has 1 saturated carbocycles. The molecular weight excluding hydrogens is 246 g/mol. The Hall–Kier alpha value is -0.0800. The van der Waals surface area contributed by atoms with Crippen molar-refractivity contribution < 1.29 is 4.79 Å². The Morgan fingerprint density at radius 3 is 2.44 bits per heavy atom. The molecule has 1 saturated heterocycles. The van der Waals surface area contributed by atoms with Gasteiger partial charge < -0.3 is 0 Å². The number of ketones is 1. The first-order chi connectivity index (χ1) is 8.56. The van der Waals surface area contributed by atoms with Crippen molar-refractivity contribution in [2.75, 3.05) is 13.1 Å². The molecule has 1 aliphatic heterocycles. The van der Waals surface area contributed by atoms with Gasteiger partial charge in [0.2, 0.25) is 0 Å². The largest absolute Gasteiger partial charge is 0.298 e. The van der Waals surface area contributed by atoms with Crippen LogP contribution in [0.4, 0.5) is 0 Å². The summed E-state index contributed by atoms with van der Waals surface area (Å²) in [4.78, 5) is 14.7. The first-order valence-corrected chi connectivity index (χ1v) is 7.90. The van der Waals surface area contributed by atoms with Crippen LogP contribution in [0.1, 0.15) is 52.4 Å². The zero-order chi connectivity index (χ0) is 13.1. The van der Waals surface area contributed by atoms with Crippen molar-refractivity contribution in [3.8, 4) is 0 Å². The lowest BCUT2D eigenvalue weighted by Gasteiger charge is -2.37. The lowest BCUT2D eigenvalue weighted by molar-refractivity contribution is -0.126. The number of rotatable bonds is 3. The van der Waals surface area contributed by atoms with Gasteiger partial charge in [0.1, 0.15) is 5.78 Å². The fourth-order valence-corrected chi connectivity index (χ4v) is 3.56. The van der Waals surface area contributed by atoms with Gasteiger partial charge in [0.15, 0.2) is 0 Å². The molecule has 3 heteroatoms. The summed E-state index contributed by atoms with van der Waals surface area (Å²) in [6, 6.07) is 0.578. The van der Waals surface area contributed by atoms with E-state index in [9.17, 15) is 4.79 Å². The molecule has 0 radical (unpaired) electrons. The van der Waals surface area contributed by atoms with Crippen LogP contribution in [0.2, 0.25) is 0 Å². The highest BCUT2D eigenvalue weighted by atomic mass is 35.5. The molecule has 18 heavy (non-hydrogen) atoms. The van der Waals surface area contributed by atoms with E-state index in [1.807, 2.05) is 0 Å². The Morgan fingerprint density at radius 1 is 1.11 bits per heavy atom. The minimum absolute atomic E-state index is 0.282. The van der Waals surface area contributed by atoms with Gasteiger partial charge in [-0.25, -0.2) is 0 Å². The van der Waals surface area contributed by atoms with Crippen molar-refractivity contribution in [3.63, 3.8) is 0 Å². The first-order valence-electron chi connectivity index (χ1n) is 7.47. The molecular formula is C15H26ClNO. The molecule has 0 spiro atoms. The standard InChI is InChI=1S/C15H26ClNO/c1-11-3-4-12(2)17(9-11)10-15(18)13-5-7-14(16)8-6-13/h11-14H,3-10H2,1-2H3. The molecule has 0 amide bonds. The van der Waals surface area contributed by atoms with Crippen molar-refractivity contribution >= 4 is 17.4 Å². The highest BCUT2D eigenvalue weighted by molar-refractivity contribution is 6.20. The molecule has 2 aliphatic rings. The molecule has 2 unspecified atom stereocenters. The van der Waals surface area contributed by atoms with Crippen molar-refractivity contribution in [1.29, 1.82) is 0 Å². The predicted octanol–water partition coefficient (Wildman–Crippen LogP) is 3.47. The third-order valence-corrected chi connectivity index (χ3v) is 5.15. The molecule has 0 aromatic carbocycles. The van der Waals surface area contributed by atoms with Gasteiger partial charge in [0.05, 0.1) is 6.54 Å². The van der Waals surface area contributed by atoms with Crippen LogP contribution in [0.15, 0.2) is 0 Å². The van der Waals surface area contributed by atoms with Crippen LogP contribution in [0.25, 0.3) is 0 Å². The Morgan fingerprint density at radius 2 is 1.78 bits per heavy atom. The van der Waals surface area contributed by atoms with E-state index in [0.29, 0.717) is 23.7 Å². The van der Waals surface area contributed by atoms with Crippen molar-refractivity contribution in [1.82, 2.24) is 4.90 Å². The number of carbonyl (C=O) groups is 1. The number of likely N-dealkylation sites (tertiary alicyclic amines) is 1. The van der Waals surface area contributed by atoms with Gasteiger partial charge >= 0.3 is 0 Å². The van der Waals surface area contributed by atoms with Gasteiger partial charge in [-0.1, -0.05) is 6.92 Å². The fourth-order valence-electron chi connectivity index (χ4n) is 3.30. The summed E-state index contributed by atoms with van der Waals surface area (Å²) in [5.74, 6) is 1.48. The van der Waals surface area contributed by atoms with E-state index in [4.69, 9.17) is 11.6 Å². The third kappa shape index (κ3) is 3.71. The topological polar surface area (TPSA) is 20.3 Å². The molecule has 0 N–H and O–H groups in total. The van der Waals surface area contributed by atoms with Crippen LogP contribution in [0.3, 0.4) is 0 Å². The van der Waals surface area contributed by atoms with Crippen molar-refractivity contribution in [3.05, 3.63) is 0 Å². The van der Waals surface area contributed by atoms with E-state index in [2.05, 4.69) is 18.7 Å². The van der Waals surface area contributed by atoms with Gasteiger partial charge in [-0.2, -0.15) is 0 Å². The summed E-state index contributed by atoms with van der Waals surface area (Å²) in [5.41, 5.74) is 0. The van der Waals surface area contributed by atoms with E-state index in [1.54, 1.807) is 0 Å². The lowest BCUT2D eigenvalue weighted by Crippen LogP contribution is -2.45. The van der Waals surface area contributed by atoms with E-state index in [0.717, 1.165) is 38.1 Å². The Bertz CT molecular complexity index is 286. The molecule has 1 heterocycles. The number of Topliss-reactive ketones (excluding diaryl/α,β-unsaturated/α-hetero) is 1. The molecule has 0 bridgehead atoms. The van der Waals surface area contributed by atoms with Gasteiger partial charge in [-0.3, -0.25) is 9.69 Å². The maximum Gasteiger partial charge on any atom is 0.149 e. The van der Waals surface area contributed by atoms with Crippen LogP contribution in [0.5, 0.6) is 0 Å². The Balaban J connectivity index is 1.82. The maximum atomic E-state index is 12.3. The van der Waals surface area contributed by atoms with Crippen molar-refractivity contribution in [2.45, 2.75) is 63.8 Å². The van der Waals surface area contributed by atoms with Crippen LogP contribution >= 0.6 is 11.6 Å². The summed E-state index contributed by atoms with van der Waals surface area (Å²) in [7, 11) is 0. The highest BCUT2D eigenvalue weighted by Gasteiger charge is 2.29. The number of nitrogens with zero attached hydrogens (tertiary/aromatic N) is 1. The second-order valence-electron chi connectivity index (χ2n) is 6.38. The fraction of sp³-hybridized carbons (Fsp3) is 0.933. The van der Waals surface area contributed by atoms with E-state index in [1.165, 1.54) is 12.8 Å². The monoisotopic (exact) mass is 271 g/mol. The smallest absolute Gasteiger partial charge is 0.149 e. The molecule has 0 aromatic heterocycles. The second-order valence-corrected chi connectivity index (χ2v) is 6.99. The summed E-state index contributed by atoms with van der Waals surface area (Å²) < 4.78 is 0. The van der Waals surface area contributed by atoms with Crippen LogP contribution in [-0.2, 0) is 4.79 Å². The van der Waals surface area contributed by atoms with Gasteiger partial charge in [0.25, 0.3) is 0 Å². The van der Waals surface area contributed by atoms with E-state index in [-0.39, 0.29) is 5.92 Å². The molecule has 1 aliphatic carbocycles.